The van der Waals surface area contributed by atoms with Gasteiger partial charge in [-0.15, -0.1) is 4.52 Å². The molecule has 0 aliphatic carbocycles. The third kappa shape index (κ3) is 12.2. The molecule has 0 bridgehead atoms. The summed E-state index contributed by atoms with van der Waals surface area (Å²) in [5, 5.41) is 16.2. The number of aliphatic hydroxyl groups excluding tert-OH is 1. The molecule has 17 nitrogen and oxygen atoms in total. The molecular formula is C22H33N6O11P2S4+. The number of ketones is 1. The van der Waals surface area contributed by atoms with E-state index in [0.717, 1.165) is 5.75 Å². The number of rotatable bonds is 19. The van der Waals surface area contributed by atoms with Crippen molar-refractivity contribution in [3.8, 4) is 0 Å². The number of ether oxygens (including phenoxy) is 2. The van der Waals surface area contributed by atoms with Gasteiger partial charge in [-0.25, -0.2) is 19.7 Å². The van der Waals surface area contributed by atoms with Crippen molar-refractivity contribution in [2.45, 2.75) is 50.7 Å². The van der Waals surface area contributed by atoms with Crippen molar-refractivity contribution >= 4 is 94.4 Å². The number of carbonyl (C=O) groups excluding carboxylic acids is 3. The number of anilines is 1. The number of nitrogens with one attached hydrogen (secondary N) is 2. The lowest BCUT2D eigenvalue weighted by molar-refractivity contribution is -0.121. The van der Waals surface area contributed by atoms with Gasteiger partial charge in [0.15, 0.2) is 29.3 Å². The maximum atomic E-state index is 12.4. The lowest BCUT2D eigenvalue weighted by atomic mass is 10.1. The summed E-state index contributed by atoms with van der Waals surface area (Å²) in [6.45, 7) is -1.98. The Kier molecular flexibility index (Phi) is 15.8. The molecule has 2 amide bonds. The van der Waals surface area contributed by atoms with Crippen LogP contribution in [0.15, 0.2) is 12.7 Å². The van der Waals surface area contributed by atoms with Crippen LogP contribution in [0.25, 0.3) is 11.2 Å². The first-order chi connectivity index (χ1) is 21.4. The van der Waals surface area contributed by atoms with Gasteiger partial charge in [-0.3, -0.25) is 19.5 Å². The molecule has 2 unspecified atom stereocenters. The number of hydrogen-bond donors (Lipinski definition) is 5. The van der Waals surface area contributed by atoms with Crippen LogP contribution in [0, 0.1) is 0 Å². The predicted octanol–water partition coefficient (Wildman–Crippen LogP) is 2.74. The fourth-order valence-electron chi connectivity index (χ4n) is 3.84. The van der Waals surface area contributed by atoms with Gasteiger partial charge in [-0.05, 0) is 29.7 Å². The summed E-state index contributed by atoms with van der Waals surface area (Å²) in [4.78, 5) is 57.4. The van der Waals surface area contributed by atoms with E-state index in [-0.39, 0.29) is 41.9 Å². The molecule has 1 aliphatic rings. The van der Waals surface area contributed by atoms with Crippen LogP contribution in [-0.4, -0.2) is 104 Å². The van der Waals surface area contributed by atoms with Crippen LogP contribution >= 0.6 is 47.8 Å². The van der Waals surface area contributed by atoms with Crippen molar-refractivity contribution in [1.82, 2.24) is 24.8 Å². The standard InChI is InChI=1S/C22H32N6O11P2S4/c1-13(29)5-6-23-15(30)4-3-8-44-45-9-7-36-22(32)27-19-16-20(25-11-24-19)28(12-26-16)21-17(31)18(39-40(33)42)14(38-21)10-37-41(34,43)35-2/h11-12,14,17-18,21,31H,3-10H2,1-2H3,(H3-,23,24,25,27,30,32,33,34,42,43)/p+1/t14-,17-,18-,21-,41?/m1/s1. The highest BCUT2D eigenvalue weighted by Gasteiger charge is 2.50. The number of amides is 2. The number of carbonyl (C=O) groups is 3. The molecule has 3 heterocycles. The van der Waals surface area contributed by atoms with Gasteiger partial charge in [-0.2, -0.15) is 0 Å². The number of thiol groups is 1. The predicted molar refractivity (Wildman–Crippen MR) is 174 cm³/mol. The molecule has 3 rings (SSSR count). The molecule has 0 saturated carbocycles. The summed E-state index contributed by atoms with van der Waals surface area (Å²) < 4.78 is 39.4. The Morgan fingerprint density at radius 3 is 2.71 bits per heavy atom. The lowest BCUT2D eigenvalue weighted by Gasteiger charge is -2.18. The summed E-state index contributed by atoms with van der Waals surface area (Å²) in [6.07, 6.45) is -1.69. The molecule has 1 fully saturated rings. The molecule has 1 saturated heterocycles. The Hall–Kier alpha value is -1.48. The van der Waals surface area contributed by atoms with Crippen molar-refractivity contribution in [3.05, 3.63) is 12.7 Å². The van der Waals surface area contributed by atoms with Crippen molar-refractivity contribution in [2.24, 2.45) is 0 Å². The molecule has 0 radical (unpaired) electrons. The van der Waals surface area contributed by atoms with Crippen molar-refractivity contribution < 1.29 is 52.0 Å². The molecule has 0 spiro atoms. The van der Waals surface area contributed by atoms with E-state index in [9.17, 15) is 28.9 Å². The Labute approximate surface area is 277 Å². The van der Waals surface area contributed by atoms with E-state index >= 15 is 0 Å². The highest BCUT2D eigenvalue weighted by atomic mass is 33.1. The first-order valence-corrected chi connectivity index (χ1v) is 20.6. The molecule has 6 atom stereocenters. The SMILES string of the molecule is COP(O)(=S)OC[C@H]1O[C@@H](n2cnc3c(NC(=O)OCCSSCCCC(=O)NCCC(C)=O)ncnc32)[C@H](O)[C@@H]1O[P+](=O)S. The zero-order valence-corrected chi connectivity index (χ0v) is 29.2. The molecule has 4 N–H and O–H groups in total. The van der Waals surface area contributed by atoms with E-state index < -0.39 is 44.6 Å². The maximum Gasteiger partial charge on any atom is 0.582 e. The van der Waals surface area contributed by atoms with Crippen molar-refractivity contribution in [3.63, 3.8) is 0 Å². The molecule has 250 valence electrons. The minimum atomic E-state index is -3.56. The Morgan fingerprint density at radius 2 is 2.00 bits per heavy atom. The van der Waals surface area contributed by atoms with Crippen molar-refractivity contribution in [1.29, 1.82) is 0 Å². The maximum absolute atomic E-state index is 12.4. The number of hydrogen-bond acceptors (Lipinski definition) is 16. The van der Waals surface area contributed by atoms with Crippen LogP contribution in [0.2, 0.25) is 0 Å². The number of fused-ring (bicyclic) bond motifs is 1. The zero-order chi connectivity index (χ0) is 33.0. The smallest absolute Gasteiger partial charge is 0.448 e. The van der Waals surface area contributed by atoms with Crippen molar-refractivity contribution in [2.75, 3.05) is 43.7 Å². The Morgan fingerprint density at radius 1 is 1.24 bits per heavy atom. The van der Waals surface area contributed by atoms with Gasteiger partial charge < -0.3 is 33.8 Å². The minimum Gasteiger partial charge on any atom is -0.448 e. The van der Waals surface area contributed by atoms with Crippen LogP contribution < -0.4 is 10.6 Å². The molecule has 23 heteroatoms. The average Bonchev–Trinajstić information content (AvgIpc) is 3.54. The van der Waals surface area contributed by atoms with Crippen LogP contribution in [-0.2, 0) is 49.0 Å². The molecule has 0 aromatic carbocycles. The summed E-state index contributed by atoms with van der Waals surface area (Å²) >= 11 is 8.58. The quantitative estimate of drug-likeness (QED) is 0.0603. The summed E-state index contributed by atoms with van der Waals surface area (Å²) in [7, 11) is 1.77. The highest BCUT2D eigenvalue weighted by molar-refractivity contribution is 8.76. The molecular weight excluding hydrogens is 714 g/mol. The van der Waals surface area contributed by atoms with Gasteiger partial charge in [0.1, 0.15) is 43.2 Å². The first kappa shape index (κ1) is 38.0. The van der Waals surface area contributed by atoms with E-state index in [4.69, 9.17) is 34.9 Å². The third-order valence-electron chi connectivity index (χ3n) is 5.92. The second-order valence-electron chi connectivity index (χ2n) is 9.17. The number of Topliss-reactive ketones (excluding diaryl/α,β-unsaturated/α-hetero) is 1. The van der Waals surface area contributed by atoms with E-state index in [1.165, 1.54) is 42.0 Å². The van der Waals surface area contributed by atoms with Crippen LogP contribution in [0.5, 0.6) is 0 Å². The second-order valence-corrected chi connectivity index (χ2v) is 16.5. The van der Waals surface area contributed by atoms with Gasteiger partial charge >= 0.3 is 20.0 Å². The number of imidazole rings is 1. The third-order valence-corrected chi connectivity index (χ3v) is 10.8. The van der Waals surface area contributed by atoms with Crippen LogP contribution in [0.4, 0.5) is 10.6 Å². The van der Waals surface area contributed by atoms with Gasteiger partial charge in [0, 0.05) is 38.0 Å². The summed E-state index contributed by atoms with van der Waals surface area (Å²) in [5.74, 6) is 1.23. The normalized spacial score (nSPS) is 21.3. The van der Waals surface area contributed by atoms with E-state index in [0.29, 0.717) is 31.6 Å². The first-order valence-electron chi connectivity index (χ1n) is 13.2. The fourth-order valence-corrected chi connectivity index (χ4v) is 7.18. The van der Waals surface area contributed by atoms with Gasteiger partial charge in [0.25, 0.3) is 0 Å². The highest BCUT2D eigenvalue weighted by Crippen LogP contribution is 2.45. The monoisotopic (exact) mass is 747 g/mol. The lowest BCUT2D eigenvalue weighted by Crippen LogP contribution is -2.34. The van der Waals surface area contributed by atoms with Crippen LogP contribution in [0.3, 0.4) is 0 Å². The number of nitrogens with zero attached hydrogens (tertiary/aromatic N) is 4. The van der Waals surface area contributed by atoms with E-state index in [2.05, 4.69) is 37.8 Å². The number of aliphatic hydroxyl groups is 1. The van der Waals surface area contributed by atoms with Crippen LogP contribution in [0.1, 0.15) is 32.4 Å². The van der Waals surface area contributed by atoms with E-state index in [1.54, 1.807) is 10.8 Å². The number of aromatic nitrogens is 4. The Balaban J connectivity index is 1.49. The zero-order valence-electron chi connectivity index (χ0n) is 24.0. The Bertz CT molecular complexity index is 1390. The molecule has 1 aliphatic heterocycles. The summed E-state index contributed by atoms with van der Waals surface area (Å²) in [5.41, 5.74) is 0.353. The van der Waals surface area contributed by atoms with Gasteiger partial charge in [-0.1, -0.05) is 21.6 Å². The minimum absolute atomic E-state index is 0.0282. The summed E-state index contributed by atoms with van der Waals surface area (Å²) in [6, 6.07) is 0. The fraction of sp³-hybridized carbons (Fsp3) is 0.636. The molecule has 2 aromatic heterocycles. The topological polar surface area (TPSA) is 223 Å². The molecule has 45 heavy (non-hydrogen) atoms. The van der Waals surface area contributed by atoms with Gasteiger partial charge in [0.2, 0.25) is 5.91 Å². The second kappa shape index (κ2) is 18.8. The largest absolute Gasteiger partial charge is 0.582 e. The van der Waals surface area contributed by atoms with Gasteiger partial charge in [0.05, 0.1) is 12.9 Å². The average molecular weight is 748 g/mol. The van der Waals surface area contributed by atoms with E-state index in [1.807, 2.05) is 0 Å². The molecule has 2 aromatic rings.